The molecule has 1 aliphatic rings. The molecule has 1 aromatic heterocycles. The molecular formula is C22H25NO3S. The molecule has 0 aliphatic heterocycles. The first-order chi connectivity index (χ1) is 12.8. The lowest BCUT2D eigenvalue weighted by Gasteiger charge is -2.16. The minimum Gasteiger partial charge on any atom is -0.461 e. The summed E-state index contributed by atoms with van der Waals surface area (Å²) in [4.78, 5) is 0.273. The van der Waals surface area contributed by atoms with Gasteiger partial charge >= 0.3 is 0 Å². The zero-order valence-electron chi connectivity index (χ0n) is 16.0. The first kappa shape index (κ1) is 18.1. The van der Waals surface area contributed by atoms with Crippen molar-refractivity contribution in [1.82, 2.24) is 0 Å². The fourth-order valence-electron chi connectivity index (χ4n) is 3.76. The third kappa shape index (κ3) is 3.48. The van der Waals surface area contributed by atoms with Crippen LogP contribution in [0.5, 0.6) is 0 Å². The van der Waals surface area contributed by atoms with Crippen molar-refractivity contribution in [3.05, 3.63) is 59.4 Å². The van der Waals surface area contributed by atoms with E-state index in [1.54, 1.807) is 18.2 Å². The number of hydrogen-bond donors (Lipinski definition) is 1. The van der Waals surface area contributed by atoms with Gasteiger partial charge in [-0.1, -0.05) is 32.9 Å². The summed E-state index contributed by atoms with van der Waals surface area (Å²) in [7, 11) is -3.62. The fraction of sp³-hybridized carbons (Fsp3) is 0.364. The van der Waals surface area contributed by atoms with Crippen LogP contribution >= 0.6 is 0 Å². The van der Waals surface area contributed by atoms with Crippen LogP contribution in [0.3, 0.4) is 0 Å². The number of rotatable bonds is 4. The molecule has 3 aromatic rings. The van der Waals surface area contributed by atoms with Crippen LogP contribution in [0.4, 0.5) is 5.69 Å². The van der Waals surface area contributed by atoms with Crippen LogP contribution in [-0.2, 0) is 22.9 Å². The highest BCUT2D eigenvalue weighted by Crippen LogP contribution is 2.35. The summed E-state index contributed by atoms with van der Waals surface area (Å²) in [6.07, 6.45) is 3.07. The second kappa shape index (κ2) is 6.71. The van der Waals surface area contributed by atoms with E-state index in [2.05, 4.69) is 25.5 Å². The van der Waals surface area contributed by atoms with Crippen molar-refractivity contribution in [3.63, 3.8) is 0 Å². The minimum absolute atomic E-state index is 0.273. The SMILES string of the molecule is CC1CCc2oc3ccc(NS(=O)(=O)c4ccc(C(C)C)cc4)cc3c2C1. The second-order valence-electron chi connectivity index (χ2n) is 7.89. The molecule has 2 aromatic carbocycles. The van der Waals surface area contributed by atoms with Crippen molar-refractivity contribution in [2.24, 2.45) is 5.92 Å². The summed E-state index contributed by atoms with van der Waals surface area (Å²) >= 11 is 0. The number of furan rings is 1. The van der Waals surface area contributed by atoms with Crippen LogP contribution in [0.25, 0.3) is 11.0 Å². The van der Waals surface area contributed by atoms with Crippen LogP contribution in [0.2, 0.25) is 0 Å². The summed E-state index contributed by atoms with van der Waals surface area (Å²) in [5.74, 6) is 2.04. The van der Waals surface area contributed by atoms with Crippen molar-refractivity contribution in [1.29, 1.82) is 0 Å². The van der Waals surface area contributed by atoms with Gasteiger partial charge in [-0.25, -0.2) is 8.42 Å². The molecule has 0 bridgehead atoms. The summed E-state index contributed by atoms with van der Waals surface area (Å²) < 4.78 is 34.2. The molecule has 4 rings (SSSR count). The Morgan fingerprint density at radius 2 is 1.85 bits per heavy atom. The standard InChI is InChI=1S/C22H25NO3S/c1-14(2)16-5-8-18(9-6-16)27(24,25)23-17-7-11-22-20(13-17)19-12-15(3)4-10-21(19)26-22/h5-9,11,13-15,23H,4,10,12H2,1-3H3. The Labute approximate surface area is 160 Å². The topological polar surface area (TPSA) is 59.3 Å². The molecule has 0 saturated heterocycles. The Bertz CT molecular complexity index is 1080. The largest absolute Gasteiger partial charge is 0.461 e. The van der Waals surface area contributed by atoms with Crippen LogP contribution in [0.15, 0.2) is 51.8 Å². The summed E-state index contributed by atoms with van der Waals surface area (Å²) in [5.41, 5.74) is 3.75. The lowest BCUT2D eigenvalue weighted by Crippen LogP contribution is -2.13. The molecule has 0 saturated carbocycles. The fourth-order valence-corrected chi connectivity index (χ4v) is 4.81. The van der Waals surface area contributed by atoms with Crippen LogP contribution < -0.4 is 4.72 Å². The number of sulfonamides is 1. The molecule has 1 unspecified atom stereocenters. The van der Waals surface area contributed by atoms with Crippen molar-refractivity contribution in [3.8, 4) is 0 Å². The Morgan fingerprint density at radius 3 is 2.56 bits per heavy atom. The molecule has 142 valence electrons. The van der Waals surface area contributed by atoms with E-state index in [1.807, 2.05) is 24.3 Å². The Kier molecular flexibility index (Phi) is 4.50. The lowest BCUT2D eigenvalue weighted by molar-refractivity contribution is 0.438. The van der Waals surface area contributed by atoms with Gasteiger partial charge in [0.1, 0.15) is 11.3 Å². The molecule has 1 heterocycles. The minimum atomic E-state index is -3.62. The average molecular weight is 384 g/mol. The molecule has 1 N–H and O–H groups in total. The maximum Gasteiger partial charge on any atom is 0.261 e. The van der Waals surface area contributed by atoms with E-state index in [9.17, 15) is 8.42 Å². The van der Waals surface area contributed by atoms with Crippen LogP contribution in [0, 0.1) is 5.92 Å². The van der Waals surface area contributed by atoms with Gasteiger partial charge in [-0.3, -0.25) is 4.72 Å². The zero-order valence-corrected chi connectivity index (χ0v) is 16.8. The normalized spacial score (nSPS) is 17.3. The third-order valence-electron chi connectivity index (χ3n) is 5.40. The van der Waals surface area contributed by atoms with Gasteiger partial charge in [-0.15, -0.1) is 0 Å². The van der Waals surface area contributed by atoms with Gasteiger partial charge in [0.2, 0.25) is 0 Å². The molecule has 5 heteroatoms. The van der Waals surface area contributed by atoms with Crippen molar-refractivity contribution in [2.75, 3.05) is 4.72 Å². The Morgan fingerprint density at radius 1 is 1.11 bits per heavy atom. The third-order valence-corrected chi connectivity index (χ3v) is 6.80. The van der Waals surface area contributed by atoms with Gasteiger partial charge in [0.15, 0.2) is 0 Å². The predicted molar refractivity (Wildman–Crippen MR) is 109 cm³/mol. The highest BCUT2D eigenvalue weighted by molar-refractivity contribution is 7.92. The smallest absolute Gasteiger partial charge is 0.261 e. The van der Waals surface area contributed by atoms with E-state index in [-0.39, 0.29) is 4.90 Å². The summed E-state index contributed by atoms with van der Waals surface area (Å²) in [6.45, 7) is 6.42. The molecule has 4 nitrogen and oxygen atoms in total. The Balaban J connectivity index is 1.65. The second-order valence-corrected chi connectivity index (χ2v) is 9.57. The Hall–Kier alpha value is -2.27. The number of benzene rings is 2. The van der Waals surface area contributed by atoms with E-state index >= 15 is 0 Å². The number of aryl methyl sites for hydroxylation is 1. The first-order valence-electron chi connectivity index (χ1n) is 9.50. The molecule has 1 aliphatic carbocycles. The van der Waals surface area contributed by atoms with Crippen molar-refractivity contribution in [2.45, 2.75) is 50.8 Å². The van der Waals surface area contributed by atoms with E-state index in [0.29, 0.717) is 17.5 Å². The van der Waals surface area contributed by atoms with Crippen molar-refractivity contribution >= 4 is 26.7 Å². The average Bonchev–Trinajstić information content (AvgIpc) is 2.99. The highest BCUT2D eigenvalue weighted by atomic mass is 32.2. The zero-order chi connectivity index (χ0) is 19.2. The molecule has 0 amide bonds. The molecule has 0 fully saturated rings. The predicted octanol–water partition coefficient (Wildman–Crippen LogP) is 5.48. The monoisotopic (exact) mass is 383 g/mol. The molecule has 0 spiro atoms. The van der Waals surface area contributed by atoms with Crippen molar-refractivity contribution < 1.29 is 12.8 Å². The maximum absolute atomic E-state index is 12.8. The van der Waals surface area contributed by atoms with E-state index < -0.39 is 10.0 Å². The highest BCUT2D eigenvalue weighted by Gasteiger charge is 2.22. The summed E-state index contributed by atoms with van der Waals surface area (Å²) in [6, 6.07) is 12.6. The molecule has 0 radical (unpaired) electrons. The van der Waals surface area contributed by atoms with E-state index in [0.717, 1.165) is 41.6 Å². The first-order valence-corrected chi connectivity index (χ1v) is 11.0. The van der Waals surface area contributed by atoms with Gasteiger partial charge in [0.05, 0.1) is 4.90 Å². The van der Waals surface area contributed by atoms with Gasteiger partial charge < -0.3 is 4.42 Å². The quantitative estimate of drug-likeness (QED) is 0.649. The van der Waals surface area contributed by atoms with Gasteiger partial charge in [0.25, 0.3) is 10.0 Å². The van der Waals surface area contributed by atoms with Gasteiger partial charge in [0, 0.05) is 23.1 Å². The van der Waals surface area contributed by atoms with Crippen LogP contribution in [-0.4, -0.2) is 8.42 Å². The molecular weight excluding hydrogens is 358 g/mol. The number of nitrogens with one attached hydrogen (secondary N) is 1. The lowest BCUT2D eigenvalue weighted by atomic mass is 9.88. The van der Waals surface area contributed by atoms with Gasteiger partial charge in [-0.2, -0.15) is 0 Å². The maximum atomic E-state index is 12.8. The van der Waals surface area contributed by atoms with Crippen LogP contribution in [0.1, 0.15) is 50.0 Å². The molecule has 1 atom stereocenters. The van der Waals surface area contributed by atoms with Gasteiger partial charge in [-0.05, 0) is 60.6 Å². The number of hydrogen-bond acceptors (Lipinski definition) is 3. The number of fused-ring (bicyclic) bond motifs is 3. The number of anilines is 1. The van der Waals surface area contributed by atoms with E-state index in [1.165, 1.54) is 5.56 Å². The molecule has 27 heavy (non-hydrogen) atoms. The van der Waals surface area contributed by atoms with E-state index in [4.69, 9.17) is 4.42 Å². The summed E-state index contributed by atoms with van der Waals surface area (Å²) in [5, 5.41) is 1.02.